The van der Waals surface area contributed by atoms with Crippen LogP contribution in [0.25, 0.3) is 0 Å². The highest BCUT2D eigenvalue weighted by molar-refractivity contribution is 6.99. The van der Waals surface area contributed by atoms with Gasteiger partial charge in [0.1, 0.15) is 0 Å². The molecule has 0 saturated carbocycles. The van der Waals surface area contributed by atoms with Gasteiger partial charge >= 0.3 is 0 Å². The van der Waals surface area contributed by atoms with Crippen LogP contribution in [0.2, 0.25) is 5.04 Å². The van der Waals surface area contributed by atoms with Crippen LogP contribution >= 0.6 is 0 Å². The summed E-state index contributed by atoms with van der Waals surface area (Å²) in [5.41, 5.74) is 0. The summed E-state index contributed by atoms with van der Waals surface area (Å²) in [6.07, 6.45) is 0.231. The topological polar surface area (TPSA) is 92.3 Å². The SMILES string of the molecule is CC(C)OCCOCCOCCOCCOCCOCCOCCOCCOCCO[Si](c1ccccc1)(c1ccccc1)C(C)(C)C. The molecule has 0 amide bonds. The Balaban J connectivity index is 1.37. The maximum Gasteiger partial charge on any atom is 0.261 e. The molecular weight excluding hydrogens is 632 g/mol. The predicted molar refractivity (Wildman–Crippen MR) is 191 cm³/mol. The van der Waals surface area contributed by atoms with Crippen LogP contribution in [-0.2, 0) is 47.1 Å². The minimum Gasteiger partial charge on any atom is -0.405 e. The molecule has 0 radical (unpaired) electrons. The van der Waals surface area contributed by atoms with Crippen molar-refractivity contribution in [3.63, 3.8) is 0 Å². The molecule has 11 heteroatoms. The fourth-order valence-corrected chi connectivity index (χ4v) is 9.54. The van der Waals surface area contributed by atoms with Gasteiger partial charge in [0.25, 0.3) is 8.32 Å². The zero-order chi connectivity index (χ0) is 34.6. The predicted octanol–water partition coefficient (Wildman–Crippen LogP) is 4.12. The number of rotatable bonds is 31. The summed E-state index contributed by atoms with van der Waals surface area (Å²) in [5, 5.41) is 2.49. The third-order valence-electron chi connectivity index (χ3n) is 7.25. The summed E-state index contributed by atoms with van der Waals surface area (Å²) in [6.45, 7) is 20.4. The first kappa shape index (κ1) is 42.4. The third-order valence-corrected chi connectivity index (χ3v) is 12.3. The van der Waals surface area contributed by atoms with Crippen molar-refractivity contribution >= 4 is 18.7 Å². The van der Waals surface area contributed by atoms with E-state index in [1.165, 1.54) is 10.4 Å². The minimum absolute atomic E-state index is 0.0519. The fraction of sp³-hybridized carbons (Fsp3) is 0.676. The molecule has 0 fully saturated rings. The van der Waals surface area contributed by atoms with Gasteiger partial charge in [0.15, 0.2) is 0 Å². The normalized spacial score (nSPS) is 12.3. The monoisotopic (exact) mass is 694 g/mol. The highest BCUT2D eigenvalue weighted by Gasteiger charge is 2.50. The van der Waals surface area contributed by atoms with Crippen LogP contribution in [0.1, 0.15) is 34.6 Å². The molecule has 0 spiro atoms. The van der Waals surface area contributed by atoms with Crippen LogP contribution in [-0.4, -0.2) is 133 Å². The Morgan fingerprint density at radius 3 is 0.958 bits per heavy atom. The van der Waals surface area contributed by atoms with Gasteiger partial charge in [-0.1, -0.05) is 81.4 Å². The van der Waals surface area contributed by atoms with Crippen LogP contribution in [0, 0.1) is 0 Å². The number of hydrogen-bond acceptors (Lipinski definition) is 10. The maximum absolute atomic E-state index is 6.84. The quantitative estimate of drug-likeness (QED) is 0.0849. The Kier molecular flexibility index (Phi) is 23.9. The molecule has 0 saturated heterocycles. The standard InChI is InChI=1S/C37H62O10Si/c1-34(2)46-32-30-44-28-26-42-24-22-40-20-18-38-16-17-39-19-21-41-23-25-43-27-29-45-31-33-47-48(37(3,4)5,35-12-8-6-9-13-35)36-14-10-7-11-15-36/h6-15,34H,16-33H2,1-5H3. The van der Waals surface area contributed by atoms with Gasteiger partial charge in [-0.05, 0) is 29.3 Å². The lowest BCUT2D eigenvalue weighted by Crippen LogP contribution is -2.66. The summed E-state index contributed by atoms with van der Waals surface area (Å²) >= 11 is 0. The Hall–Kier alpha value is -1.74. The van der Waals surface area contributed by atoms with Gasteiger partial charge in [0.05, 0.1) is 125 Å². The lowest BCUT2D eigenvalue weighted by Gasteiger charge is -2.43. The minimum atomic E-state index is -2.53. The van der Waals surface area contributed by atoms with E-state index in [-0.39, 0.29) is 11.1 Å². The average Bonchev–Trinajstić information content (AvgIpc) is 3.08. The van der Waals surface area contributed by atoms with E-state index in [1.807, 2.05) is 13.8 Å². The number of ether oxygens (including phenoxy) is 9. The van der Waals surface area contributed by atoms with Crippen LogP contribution in [0.3, 0.4) is 0 Å². The highest BCUT2D eigenvalue weighted by Crippen LogP contribution is 2.36. The van der Waals surface area contributed by atoms with Gasteiger partial charge in [-0.15, -0.1) is 0 Å². The van der Waals surface area contributed by atoms with Crippen molar-refractivity contribution < 1.29 is 47.1 Å². The van der Waals surface area contributed by atoms with Crippen LogP contribution in [0.15, 0.2) is 60.7 Å². The van der Waals surface area contributed by atoms with Crippen molar-refractivity contribution in [1.29, 1.82) is 0 Å². The molecule has 0 bridgehead atoms. The average molecular weight is 695 g/mol. The van der Waals surface area contributed by atoms with Crippen LogP contribution in [0.4, 0.5) is 0 Å². The lowest BCUT2D eigenvalue weighted by atomic mass is 10.2. The second-order valence-electron chi connectivity index (χ2n) is 12.3. The Morgan fingerprint density at radius 1 is 0.417 bits per heavy atom. The molecule has 0 aliphatic rings. The van der Waals surface area contributed by atoms with Gasteiger partial charge in [0.2, 0.25) is 0 Å². The molecule has 0 aliphatic heterocycles. The smallest absolute Gasteiger partial charge is 0.261 e. The zero-order valence-electron chi connectivity index (χ0n) is 30.2. The second-order valence-corrected chi connectivity index (χ2v) is 16.6. The number of hydrogen-bond donors (Lipinski definition) is 0. The second kappa shape index (κ2) is 27.0. The third kappa shape index (κ3) is 18.3. The zero-order valence-corrected chi connectivity index (χ0v) is 31.2. The molecule has 0 heterocycles. The Bertz CT molecular complexity index is 951. The summed E-state index contributed by atoms with van der Waals surface area (Å²) in [4.78, 5) is 0. The van der Waals surface area contributed by atoms with Crippen molar-refractivity contribution in [3.05, 3.63) is 60.7 Å². The molecule has 10 nitrogen and oxygen atoms in total. The fourth-order valence-electron chi connectivity index (χ4n) is 5.00. The summed E-state index contributed by atoms with van der Waals surface area (Å²) in [7, 11) is -2.53. The van der Waals surface area contributed by atoms with E-state index in [4.69, 9.17) is 47.1 Å². The van der Waals surface area contributed by atoms with E-state index in [1.54, 1.807) is 0 Å². The van der Waals surface area contributed by atoms with E-state index in [9.17, 15) is 0 Å². The highest BCUT2D eigenvalue weighted by atomic mass is 28.4. The van der Waals surface area contributed by atoms with E-state index in [0.717, 1.165) is 0 Å². The van der Waals surface area contributed by atoms with Gasteiger partial charge in [-0.2, -0.15) is 0 Å². The van der Waals surface area contributed by atoms with Gasteiger partial charge in [0, 0.05) is 0 Å². The molecular formula is C37H62O10Si. The van der Waals surface area contributed by atoms with Crippen molar-refractivity contribution in [2.24, 2.45) is 0 Å². The van der Waals surface area contributed by atoms with E-state index in [0.29, 0.717) is 119 Å². The van der Waals surface area contributed by atoms with E-state index in [2.05, 4.69) is 81.4 Å². The lowest BCUT2D eigenvalue weighted by molar-refractivity contribution is -0.0271. The molecule has 0 aromatic heterocycles. The molecule has 2 rings (SSSR count). The first-order valence-electron chi connectivity index (χ1n) is 17.4. The van der Waals surface area contributed by atoms with Gasteiger partial charge in [-0.3, -0.25) is 0 Å². The molecule has 0 atom stereocenters. The van der Waals surface area contributed by atoms with E-state index >= 15 is 0 Å². The molecule has 0 aliphatic carbocycles. The van der Waals surface area contributed by atoms with E-state index < -0.39 is 8.32 Å². The first-order valence-corrected chi connectivity index (χ1v) is 19.3. The number of benzene rings is 2. The maximum atomic E-state index is 6.84. The van der Waals surface area contributed by atoms with Crippen molar-refractivity contribution in [2.75, 3.05) is 119 Å². The van der Waals surface area contributed by atoms with Gasteiger partial charge in [-0.25, -0.2) is 0 Å². The van der Waals surface area contributed by atoms with Crippen molar-refractivity contribution in [2.45, 2.75) is 45.8 Å². The summed E-state index contributed by atoms with van der Waals surface area (Å²) in [6, 6.07) is 21.3. The van der Waals surface area contributed by atoms with Crippen LogP contribution in [0.5, 0.6) is 0 Å². The van der Waals surface area contributed by atoms with Gasteiger partial charge < -0.3 is 47.1 Å². The molecule has 2 aromatic rings. The molecule has 0 N–H and O–H groups in total. The molecule has 0 unspecified atom stereocenters. The molecule has 48 heavy (non-hydrogen) atoms. The molecule has 2 aromatic carbocycles. The Morgan fingerprint density at radius 2 is 0.688 bits per heavy atom. The Labute approximate surface area is 290 Å². The van der Waals surface area contributed by atoms with Crippen LogP contribution < -0.4 is 10.4 Å². The largest absolute Gasteiger partial charge is 0.405 e. The summed E-state index contributed by atoms with van der Waals surface area (Å²) < 4.78 is 56.7. The summed E-state index contributed by atoms with van der Waals surface area (Å²) in [5.74, 6) is 0. The molecule has 274 valence electrons. The van der Waals surface area contributed by atoms with Crippen molar-refractivity contribution in [3.8, 4) is 0 Å². The van der Waals surface area contributed by atoms with Crippen molar-refractivity contribution in [1.82, 2.24) is 0 Å². The first-order chi connectivity index (χ1) is 23.4.